The van der Waals surface area contributed by atoms with E-state index in [-0.39, 0.29) is 12.4 Å². The lowest BCUT2D eigenvalue weighted by Gasteiger charge is -2.11. The van der Waals surface area contributed by atoms with Crippen LogP contribution in [0.2, 0.25) is 0 Å². The Morgan fingerprint density at radius 1 is 1.32 bits per heavy atom. The Balaban J connectivity index is 2.21. The van der Waals surface area contributed by atoms with Gasteiger partial charge in [-0.2, -0.15) is 4.98 Å². The van der Waals surface area contributed by atoms with Gasteiger partial charge in [-0.25, -0.2) is 9.37 Å². The van der Waals surface area contributed by atoms with Crippen LogP contribution in [0.4, 0.5) is 10.3 Å². The molecule has 0 saturated carbocycles. The van der Waals surface area contributed by atoms with E-state index in [1.165, 1.54) is 6.07 Å². The summed E-state index contributed by atoms with van der Waals surface area (Å²) >= 11 is 0. The van der Waals surface area contributed by atoms with Crippen molar-refractivity contribution in [1.29, 1.82) is 0 Å². The Hall–Kier alpha value is -2.21. The summed E-state index contributed by atoms with van der Waals surface area (Å²) in [4.78, 5) is 10.0. The number of anilines is 1. The molecule has 0 bridgehead atoms. The maximum absolute atomic E-state index is 13.6. The Labute approximate surface area is 110 Å². The minimum Gasteiger partial charge on any atom is -0.439 e. The van der Waals surface area contributed by atoms with Crippen LogP contribution in [0.1, 0.15) is 5.56 Å². The highest BCUT2D eigenvalue weighted by Gasteiger charge is 2.06. The molecule has 5 nitrogen and oxygen atoms in total. The van der Waals surface area contributed by atoms with E-state index >= 15 is 0 Å². The molecule has 2 aromatic rings. The van der Waals surface area contributed by atoms with E-state index in [0.717, 1.165) is 0 Å². The van der Waals surface area contributed by atoms with Crippen LogP contribution in [-0.4, -0.2) is 24.1 Å². The van der Waals surface area contributed by atoms with Gasteiger partial charge in [-0.1, -0.05) is 6.07 Å². The average molecular weight is 262 g/mol. The minimum absolute atomic E-state index is 0.157. The molecule has 2 rings (SSSR count). The number of hydrogen-bond acceptors (Lipinski definition) is 5. The fraction of sp³-hybridized carbons (Fsp3) is 0.231. The second-order valence-corrected chi connectivity index (χ2v) is 4.15. The van der Waals surface area contributed by atoms with Crippen LogP contribution in [0.3, 0.4) is 0 Å². The number of nitrogens with two attached hydrogens (primary N) is 1. The molecule has 0 radical (unpaired) electrons. The molecule has 0 unspecified atom stereocenters. The van der Waals surface area contributed by atoms with E-state index in [9.17, 15) is 4.39 Å². The molecule has 6 heteroatoms. The highest BCUT2D eigenvalue weighted by atomic mass is 19.1. The van der Waals surface area contributed by atoms with Gasteiger partial charge in [-0.3, -0.25) is 0 Å². The van der Waals surface area contributed by atoms with Gasteiger partial charge in [0, 0.05) is 44.5 Å². The van der Waals surface area contributed by atoms with Crippen molar-refractivity contribution in [3.63, 3.8) is 0 Å². The Morgan fingerprint density at radius 2 is 2.11 bits per heavy atom. The zero-order valence-electron chi connectivity index (χ0n) is 10.8. The molecular formula is C13H15FN4O. The summed E-state index contributed by atoms with van der Waals surface area (Å²) < 4.78 is 19.1. The molecule has 0 aliphatic carbocycles. The fourth-order valence-corrected chi connectivity index (χ4v) is 1.48. The maximum atomic E-state index is 13.6. The molecule has 100 valence electrons. The summed E-state index contributed by atoms with van der Waals surface area (Å²) in [5.41, 5.74) is 5.85. The molecule has 19 heavy (non-hydrogen) atoms. The fourth-order valence-electron chi connectivity index (χ4n) is 1.48. The number of nitrogens with zero attached hydrogens (tertiary/aromatic N) is 3. The van der Waals surface area contributed by atoms with Gasteiger partial charge in [0.25, 0.3) is 0 Å². The second kappa shape index (κ2) is 5.62. The van der Waals surface area contributed by atoms with Gasteiger partial charge in [0.1, 0.15) is 11.6 Å². The Morgan fingerprint density at radius 3 is 2.74 bits per heavy atom. The molecule has 2 N–H and O–H groups in total. The minimum atomic E-state index is -0.387. The summed E-state index contributed by atoms with van der Waals surface area (Å²) in [5.74, 6) is 0.871. The van der Waals surface area contributed by atoms with Crippen LogP contribution >= 0.6 is 0 Å². The van der Waals surface area contributed by atoms with Crippen molar-refractivity contribution in [3.05, 3.63) is 41.8 Å². The lowest BCUT2D eigenvalue weighted by molar-refractivity contribution is 0.456. The van der Waals surface area contributed by atoms with Crippen molar-refractivity contribution in [2.45, 2.75) is 6.54 Å². The van der Waals surface area contributed by atoms with Gasteiger partial charge in [0.15, 0.2) is 0 Å². The summed E-state index contributed by atoms with van der Waals surface area (Å²) in [6.07, 6.45) is 1.59. The lowest BCUT2D eigenvalue weighted by atomic mass is 10.2. The van der Waals surface area contributed by atoms with Gasteiger partial charge < -0.3 is 15.4 Å². The summed E-state index contributed by atoms with van der Waals surface area (Å²) in [5, 5.41) is 0. The van der Waals surface area contributed by atoms with Crippen LogP contribution in [0.25, 0.3) is 0 Å². The van der Waals surface area contributed by atoms with Gasteiger partial charge in [-0.05, 0) is 6.07 Å². The molecule has 0 saturated heterocycles. The van der Waals surface area contributed by atoms with E-state index in [1.807, 2.05) is 14.1 Å². The van der Waals surface area contributed by atoms with Crippen molar-refractivity contribution in [2.24, 2.45) is 5.73 Å². The smallest absolute Gasteiger partial charge is 0.228 e. The molecule has 1 aromatic heterocycles. The number of rotatable bonds is 4. The van der Waals surface area contributed by atoms with E-state index < -0.39 is 0 Å². The van der Waals surface area contributed by atoms with Crippen molar-refractivity contribution < 1.29 is 9.13 Å². The largest absolute Gasteiger partial charge is 0.439 e. The number of ether oxygens (including phenoxy) is 1. The van der Waals surface area contributed by atoms with Gasteiger partial charge in [-0.15, -0.1) is 0 Å². The molecule has 0 aliphatic rings. The topological polar surface area (TPSA) is 64.3 Å². The van der Waals surface area contributed by atoms with Crippen LogP contribution < -0.4 is 15.4 Å². The van der Waals surface area contributed by atoms with Gasteiger partial charge >= 0.3 is 0 Å². The Kier molecular flexibility index (Phi) is 3.91. The third-order valence-electron chi connectivity index (χ3n) is 2.48. The molecule has 0 amide bonds. The van der Waals surface area contributed by atoms with Gasteiger partial charge in [0.2, 0.25) is 11.8 Å². The second-order valence-electron chi connectivity index (χ2n) is 4.15. The first-order chi connectivity index (χ1) is 9.10. The van der Waals surface area contributed by atoms with E-state index in [1.54, 1.807) is 29.3 Å². The summed E-state index contributed by atoms with van der Waals surface area (Å²) in [7, 11) is 3.66. The monoisotopic (exact) mass is 262 g/mol. The average Bonchev–Trinajstić information content (AvgIpc) is 2.39. The number of halogens is 1. The number of hydrogen-bond donors (Lipinski definition) is 1. The Bertz CT molecular complexity index is 574. The zero-order chi connectivity index (χ0) is 13.8. The molecule has 1 aromatic carbocycles. The molecule has 0 fully saturated rings. The van der Waals surface area contributed by atoms with Crippen LogP contribution in [-0.2, 0) is 6.54 Å². The molecule has 0 spiro atoms. The van der Waals surface area contributed by atoms with Crippen LogP contribution in [0.5, 0.6) is 11.6 Å². The zero-order valence-corrected chi connectivity index (χ0v) is 10.8. The molecule has 0 atom stereocenters. The predicted molar refractivity (Wildman–Crippen MR) is 70.7 cm³/mol. The first kappa shape index (κ1) is 13.2. The molecular weight excluding hydrogens is 247 g/mol. The number of benzene rings is 1. The van der Waals surface area contributed by atoms with Crippen molar-refractivity contribution in [3.8, 4) is 11.6 Å². The maximum Gasteiger partial charge on any atom is 0.228 e. The highest BCUT2D eigenvalue weighted by molar-refractivity contribution is 5.34. The standard InChI is InChI=1S/C13H15FN4O/c1-18(2)13-16-6-5-12(17-13)19-10-4-3-9(8-15)11(14)7-10/h3-7H,8,15H2,1-2H3. The number of aromatic nitrogens is 2. The van der Waals surface area contributed by atoms with Crippen LogP contribution in [0.15, 0.2) is 30.5 Å². The lowest BCUT2D eigenvalue weighted by Crippen LogP contribution is -2.12. The van der Waals surface area contributed by atoms with Crippen molar-refractivity contribution in [1.82, 2.24) is 9.97 Å². The normalized spacial score (nSPS) is 10.3. The summed E-state index contributed by atoms with van der Waals surface area (Å²) in [6.45, 7) is 0.157. The van der Waals surface area contributed by atoms with Crippen molar-refractivity contribution in [2.75, 3.05) is 19.0 Å². The SMILES string of the molecule is CN(C)c1nccc(Oc2ccc(CN)c(F)c2)n1. The molecule has 1 heterocycles. The summed E-state index contributed by atoms with van der Waals surface area (Å²) in [6, 6.07) is 6.16. The first-order valence-corrected chi connectivity index (χ1v) is 5.77. The van der Waals surface area contributed by atoms with E-state index in [2.05, 4.69) is 9.97 Å². The highest BCUT2D eigenvalue weighted by Crippen LogP contribution is 2.22. The van der Waals surface area contributed by atoms with Gasteiger partial charge in [0.05, 0.1) is 0 Å². The van der Waals surface area contributed by atoms with E-state index in [0.29, 0.717) is 23.1 Å². The molecule has 0 aliphatic heterocycles. The van der Waals surface area contributed by atoms with Crippen molar-refractivity contribution >= 4 is 5.95 Å². The van der Waals surface area contributed by atoms with E-state index in [4.69, 9.17) is 10.5 Å². The van der Waals surface area contributed by atoms with Crippen LogP contribution in [0, 0.1) is 5.82 Å². The quantitative estimate of drug-likeness (QED) is 0.912. The third kappa shape index (κ3) is 3.17. The predicted octanol–water partition coefficient (Wildman–Crippen LogP) is 1.93. The first-order valence-electron chi connectivity index (χ1n) is 5.77. The third-order valence-corrected chi connectivity index (χ3v) is 2.48.